The molecule has 0 N–H and O–H groups in total. The summed E-state index contributed by atoms with van der Waals surface area (Å²) in [5.41, 5.74) is 5.45. The summed E-state index contributed by atoms with van der Waals surface area (Å²) in [6.45, 7) is 0. The van der Waals surface area contributed by atoms with Crippen molar-refractivity contribution in [3.05, 3.63) is 97.1 Å². The summed E-state index contributed by atoms with van der Waals surface area (Å²) in [5, 5.41) is 0. The number of anilines is 3. The molecule has 0 radical (unpaired) electrons. The Bertz CT molecular complexity index is 1060. The van der Waals surface area contributed by atoms with E-state index in [1.54, 1.807) is 21.3 Å². The molecule has 0 fully saturated rings. The molecule has 0 amide bonds. The fourth-order valence-corrected chi connectivity index (χ4v) is 3.50. The molecular weight excluding hydrogens is 386 g/mol. The minimum Gasteiger partial charge on any atom is -0.497 e. The van der Waals surface area contributed by atoms with Crippen LogP contribution in [0.4, 0.5) is 17.1 Å². The summed E-state index contributed by atoms with van der Waals surface area (Å²) in [4.78, 5) is 2.21. The molecule has 31 heavy (non-hydrogen) atoms. The molecule has 156 valence electrons. The van der Waals surface area contributed by atoms with Crippen LogP contribution >= 0.6 is 0 Å². The van der Waals surface area contributed by atoms with Crippen molar-refractivity contribution in [3.63, 3.8) is 0 Å². The lowest BCUT2D eigenvalue weighted by molar-refractivity contribution is 0.414. The van der Waals surface area contributed by atoms with E-state index in [9.17, 15) is 0 Å². The third-order valence-electron chi connectivity index (χ3n) is 5.21. The van der Waals surface area contributed by atoms with Crippen LogP contribution in [0.2, 0.25) is 0 Å². The molecule has 0 saturated heterocycles. The number of nitrogens with zero attached hydrogens (tertiary/aromatic N) is 1. The summed E-state index contributed by atoms with van der Waals surface area (Å²) in [5.74, 6) is 2.51. The predicted octanol–water partition coefficient (Wildman–Crippen LogP) is 6.85. The van der Waals surface area contributed by atoms with Gasteiger partial charge in [-0.1, -0.05) is 24.3 Å². The summed E-state index contributed by atoms with van der Waals surface area (Å²) in [6, 6.07) is 32.7. The molecule has 4 rings (SSSR count). The zero-order valence-electron chi connectivity index (χ0n) is 17.9. The number of hydrogen-bond acceptors (Lipinski definition) is 4. The summed E-state index contributed by atoms with van der Waals surface area (Å²) in [6.07, 6.45) is 0. The van der Waals surface area contributed by atoms with Crippen LogP contribution < -0.4 is 19.1 Å². The topological polar surface area (TPSA) is 30.9 Å². The van der Waals surface area contributed by atoms with Crippen molar-refractivity contribution in [1.82, 2.24) is 0 Å². The van der Waals surface area contributed by atoms with Gasteiger partial charge in [0.1, 0.15) is 17.2 Å². The van der Waals surface area contributed by atoms with Crippen molar-refractivity contribution in [2.75, 3.05) is 26.2 Å². The maximum Gasteiger partial charge on any atom is 0.119 e. The van der Waals surface area contributed by atoms with E-state index in [0.717, 1.165) is 45.4 Å². The van der Waals surface area contributed by atoms with Gasteiger partial charge in [0, 0.05) is 17.1 Å². The molecule has 4 heteroatoms. The van der Waals surface area contributed by atoms with Gasteiger partial charge in [0.15, 0.2) is 0 Å². The predicted molar refractivity (Wildman–Crippen MR) is 126 cm³/mol. The number of hydrogen-bond donors (Lipinski definition) is 0. The third-order valence-corrected chi connectivity index (χ3v) is 5.21. The lowest BCUT2D eigenvalue weighted by Crippen LogP contribution is -2.09. The van der Waals surface area contributed by atoms with Gasteiger partial charge in [-0.05, 0) is 83.9 Å². The Labute approximate surface area is 183 Å². The van der Waals surface area contributed by atoms with Gasteiger partial charge in [-0.25, -0.2) is 0 Å². The fourth-order valence-electron chi connectivity index (χ4n) is 3.50. The highest BCUT2D eigenvalue weighted by Crippen LogP contribution is 2.37. The van der Waals surface area contributed by atoms with Crippen LogP contribution in [0.1, 0.15) is 0 Å². The highest BCUT2D eigenvalue weighted by Gasteiger charge is 2.13. The summed E-state index contributed by atoms with van der Waals surface area (Å²) >= 11 is 0. The van der Waals surface area contributed by atoms with Crippen molar-refractivity contribution in [1.29, 1.82) is 0 Å². The first-order chi connectivity index (χ1) is 15.2. The van der Waals surface area contributed by atoms with Crippen molar-refractivity contribution in [2.45, 2.75) is 0 Å². The van der Waals surface area contributed by atoms with Gasteiger partial charge in [-0.15, -0.1) is 0 Å². The highest BCUT2D eigenvalue weighted by atomic mass is 16.5. The second-order valence-electron chi connectivity index (χ2n) is 7.01. The van der Waals surface area contributed by atoms with E-state index in [1.165, 1.54) is 0 Å². The molecule has 4 aromatic rings. The Hall–Kier alpha value is -3.92. The largest absolute Gasteiger partial charge is 0.497 e. The molecule has 0 aliphatic rings. The van der Waals surface area contributed by atoms with E-state index in [1.807, 2.05) is 36.4 Å². The van der Waals surface area contributed by atoms with E-state index in [4.69, 9.17) is 14.2 Å². The number of rotatable bonds is 7. The molecule has 0 aliphatic heterocycles. The van der Waals surface area contributed by atoms with E-state index in [2.05, 4.69) is 65.6 Å². The molecule has 4 nitrogen and oxygen atoms in total. The minimum atomic E-state index is 0.827. The van der Waals surface area contributed by atoms with Crippen LogP contribution in [0.5, 0.6) is 17.2 Å². The maximum absolute atomic E-state index is 5.33. The highest BCUT2D eigenvalue weighted by molar-refractivity contribution is 5.78. The lowest BCUT2D eigenvalue weighted by Gasteiger charge is -2.26. The van der Waals surface area contributed by atoms with Crippen LogP contribution in [0.15, 0.2) is 97.1 Å². The Morgan fingerprint density at radius 1 is 0.387 bits per heavy atom. The van der Waals surface area contributed by atoms with Crippen molar-refractivity contribution in [2.24, 2.45) is 0 Å². The monoisotopic (exact) mass is 411 g/mol. The SMILES string of the molecule is COc1ccc(-c2ccc(N(c3ccc(OC)cc3)c3ccc(OC)cc3)cc2)cc1. The van der Waals surface area contributed by atoms with Crippen LogP contribution in [-0.4, -0.2) is 21.3 Å². The van der Waals surface area contributed by atoms with E-state index >= 15 is 0 Å². The molecular formula is C27H25NO3. The molecule has 0 atom stereocenters. The quantitative estimate of drug-likeness (QED) is 0.333. The third kappa shape index (κ3) is 4.48. The van der Waals surface area contributed by atoms with E-state index in [0.29, 0.717) is 0 Å². The molecule has 0 heterocycles. The van der Waals surface area contributed by atoms with Crippen LogP contribution in [0, 0.1) is 0 Å². The van der Waals surface area contributed by atoms with E-state index < -0.39 is 0 Å². The van der Waals surface area contributed by atoms with Crippen molar-refractivity contribution >= 4 is 17.1 Å². The van der Waals surface area contributed by atoms with Gasteiger partial charge in [0.05, 0.1) is 21.3 Å². The Morgan fingerprint density at radius 2 is 0.645 bits per heavy atom. The van der Waals surface area contributed by atoms with Gasteiger partial charge < -0.3 is 19.1 Å². The first kappa shape index (κ1) is 20.4. The smallest absolute Gasteiger partial charge is 0.119 e. The molecule has 0 bridgehead atoms. The maximum atomic E-state index is 5.33. The van der Waals surface area contributed by atoms with E-state index in [-0.39, 0.29) is 0 Å². The fraction of sp³-hybridized carbons (Fsp3) is 0.111. The molecule has 0 spiro atoms. The first-order valence-corrected chi connectivity index (χ1v) is 10.0. The van der Waals surface area contributed by atoms with Crippen molar-refractivity contribution < 1.29 is 14.2 Å². The van der Waals surface area contributed by atoms with Gasteiger partial charge in [0.25, 0.3) is 0 Å². The average molecular weight is 412 g/mol. The van der Waals surface area contributed by atoms with Crippen molar-refractivity contribution in [3.8, 4) is 28.4 Å². The molecule has 0 aliphatic carbocycles. The second-order valence-corrected chi connectivity index (χ2v) is 7.01. The number of ether oxygens (including phenoxy) is 3. The Balaban J connectivity index is 1.71. The molecule has 0 aromatic heterocycles. The Morgan fingerprint density at radius 3 is 0.968 bits per heavy atom. The summed E-state index contributed by atoms with van der Waals surface area (Å²) in [7, 11) is 5.03. The van der Waals surface area contributed by atoms with Gasteiger partial charge in [-0.3, -0.25) is 0 Å². The molecule has 0 unspecified atom stereocenters. The van der Waals surface area contributed by atoms with Crippen LogP contribution in [0.3, 0.4) is 0 Å². The van der Waals surface area contributed by atoms with Gasteiger partial charge in [-0.2, -0.15) is 0 Å². The molecule has 4 aromatic carbocycles. The number of benzene rings is 4. The second kappa shape index (κ2) is 9.26. The van der Waals surface area contributed by atoms with Gasteiger partial charge in [0.2, 0.25) is 0 Å². The first-order valence-electron chi connectivity index (χ1n) is 10.0. The standard InChI is InChI=1S/C27H25NO3/c1-29-25-14-6-21(7-15-25)20-4-8-22(9-5-20)28(23-10-16-26(30-2)17-11-23)24-12-18-27(31-3)19-13-24/h4-19H,1-3H3. The summed E-state index contributed by atoms with van der Waals surface area (Å²) < 4.78 is 15.9. The lowest BCUT2D eigenvalue weighted by atomic mass is 10.0. The van der Waals surface area contributed by atoms with Gasteiger partial charge >= 0.3 is 0 Å². The Kier molecular flexibility index (Phi) is 6.08. The van der Waals surface area contributed by atoms with Crippen LogP contribution in [-0.2, 0) is 0 Å². The normalized spacial score (nSPS) is 10.4. The van der Waals surface area contributed by atoms with Crippen LogP contribution in [0.25, 0.3) is 11.1 Å². The number of methoxy groups -OCH3 is 3. The minimum absolute atomic E-state index is 0.827. The zero-order chi connectivity index (χ0) is 21.6. The average Bonchev–Trinajstić information content (AvgIpc) is 2.85. The zero-order valence-corrected chi connectivity index (χ0v) is 17.9. The molecule has 0 saturated carbocycles.